The van der Waals surface area contributed by atoms with Crippen molar-refractivity contribution in [2.75, 3.05) is 0 Å². The fourth-order valence-corrected chi connectivity index (χ4v) is 3.99. The molecule has 1 aliphatic rings. The van der Waals surface area contributed by atoms with Gasteiger partial charge >= 0.3 is 6.61 Å². The lowest BCUT2D eigenvalue weighted by Gasteiger charge is -2.15. The lowest BCUT2D eigenvalue weighted by Crippen LogP contribution is -2.09. The third kappa shape index (κ3) is 3.62. The van der Waals surface area contributed by atoms with Gasteiger partial charge in [0, 0.05) is 10.4 Å². The molecule has 0 saturated heterocycles. The minimum absolute atomic E-state index is 0.0511. The van der Waals surface area contributed by atoms with Gasteiger partial charge in [-0.25, -0.2) is 4.98 Å². The molecule has 1 aromatic carbocycles. The summed E-state index contributed by atoms with van der Waals surface area (Å²) in [5, 5.41) is 10.1. The molecule has 0 radical (unpaired) electrons. The molecule has 0 saturated carbocycles. The molecule has 24 heavy (non-hydrogen) atoms. The molecular weight excluding hydrogens is 330 g/mol. The number of nitriles is 1. The van der Waals surface area contributed by atoms with Crippen LogP contribution in [0.3, 0.4) is 0 Å². The first-order valence-electron chi connectivity index (χ1n) is 7.71. The first-order valence-corrected chi connectivity index (χ1v) is 8.53. The highest BCUT2D eigenvalue weighted by Crippen LogP contribution is 2.34. The molecule has 124 valence electrons. The number of thiazole rings is 1. The van der Waals surface area contributed by atoms with Crippen molar-refractivity contribution in [2.45, 2.75) is 32.8 Å². The van der Waals surface area contributed by atoms with Crippen LogP contribution in [0.4, 0.5) is 8.78 Å². The maximum Gasteiger partial charge on any atom is 0.387 e. The van der Waals surface area contributed by atoms with Crippen LogP contribution >= 0.6 is 11.3 Å². The predicted molar refractivity (Wildman–Crippen MR) is 89.9 cm³/mol. The van der Waals surface area contributed by atoms with E-state index in [1.165, 1.54) is 22.3 Å². The summed E-state index contributed by atoms with van der Waals surface area (Å²) in [6, 6.07) is 8.57. The lowest BCUT2D eigenvalue weighted by atomic mass is 9.93. The van der Waals surface area contributed by atoms with Gasteiger partial charge in [0.25, 0.3) is 0 Å². The molecule has 0 bridgehead atoms. The molecular formula is C18H16F2N2OS. The van der Waals surface area contributed by atoms with Crippen molar-refractivity contribution in [3.63, 3.8) is 0 Å². The van der Waals surface area contributed by atoms with Crippen LogP contribution in [0.15, 0.2) is 24.3 Å². The molecule has 1 heterocycles. The van der Waals surface area contributed by atoms with Crippen LogP contribution in [0.1, 0.15) is 34.5 Å². The average Bonchev–Trinajstić information content (AvgIpc) is 2.96. The van der Waals surface area contributed by atoms with Gasteiger partial charge in [0.2, 0.25) is 0 Å². The SMILES string of the molecule is CC1CCc2nc(/C(C#N)=C/c3ccccc3OC(F)F)sc2C1. The molecule has 0 spiro atoms. The number of allylic oxidation sites excluding steroid dienone is 1. The Morgan fingerprint density at radius 1 is 1.46 bits per heavy atom. The number of benzene rings is 1. The minimum Gasteiger partial charge on any atom is -0.434 e. The number of ether oxygens (including phenoxy) is 1. The third-order valence-corrected chi connectivity index (χ3v) is 5.13. The van der Waals surface area contributed by atoms with Crippen LogP contribution in [0.25, 0.3) is 11.6 Å². The zero-order valence-corrected chi connectivity index (χ0v) is 13.9. The number of para-hydroxylation sites is 1. The first-order chi connectivity index (χ1) is 11.6. The van der Waals surface area contributed by atoms with Crippen molar-refractivity contribution >= 4 is 23.0 Å². The number of hydrogen-bond donors (Lipinski definition) is 0. The zero-order chi connectivity index (χ0) is 17.1. The normalized spacial score (nSPS) is 17.5. The third-order valence-electron chi connectivity index (χ3n) is 3.97. The van der Waals surface area contributed by atoms with E-state index in [1.54, 1.807) is 24.3 Å². The van der Waals surface area contributed by atoms with Gasteiger partial charge in [-0.1, -0.05) is 25.1 Å². The fourth-order valence-electron chi connectivity index (χ4n) is 2.76. The highest BCUT2D eigenvalue weighted by molar-refractivity contribution is 7.13. The predicted octanol–water partition coefficient (Wildman–Crippen LogP) is 4.93. The van der Waals surface area contributed by atoms with E-state index in [9.17, 15) is 14.0 Å². The van der Waals surface area contributed by atoms with Crippen molar-refractivity contribution < 1.29 is 13.5 Å². The summed E-state index contributed by atoms with van der Waals surface area (Å²) in [6.07, 6.45) is 4.58. The maximum atomic E-state index is 12.5. The summed E-state index contributed by atoms with van der Waals surface area (Å²) in [4.78, 5) is 5.81. The molecule has 1 aliphatic carbocycles. The Balaban J connectivity index is 1.95. The molecule has 3 rings (SSSR count). The molecule has 0 aliphatic heterocycles. The summed E-state index contributed by atoms with van der Waals surface area (Å²) in [5.74, 6) is 0.677. The monoisotopic (exact) mass is 346 g/mol. The first kappa shape index (κ1) is 16.6. The maximum absolute atomic E-state index is 12.5. The van der Waals surface area contributed by atoms with Crippen LogP contribution < -0.4 is 4.74 Å². The molecule has 1 unspecified atom stereocenters. The van der Waals surface area contributed by atoms with Gasteiger partial charge in [0.15, 0.2) is 0 Å². The van der Waals surface area contributed by atoms with Gasteiger partial charge in [-0.3, -0.25) is 0 Å². The smallest absolute Gasteiger partial charge is 0.387 e. The topological polar surface area (TPSA) is 45.9 Å². The number of aromatic nitrogens is 1. The Morgan fingerprint density at radius 3 is 3.00 bits per heavy atom. The summed E-state index contributed by atoms with van der Waals surface area (Å²) in [5.41, 5.74) is 1.87. The van der Waals surface area contributed by atoms with E-state index in [0.717, 1.165) is 25.0 Å². The Morgan fingerprint density at radius 2 is 2.25 bits per heavy atom. The second-order valence-corrected chi connectivity index (χ2v) is 6.91. The van der Waals surface area contributed by atoms with Crippen molar-refractivity contribution in [2.24, 2.45) is 5.92 Å². The van der Waals surface area contributed by atoms with Gasteiger partial charge in [0.1, 0.15) is 16.8 Å². The number of aryl methyl sites for hydroxylation is 1. The van der Waals surface area contributed by atoms with E-state index in [2.05, 4.69) is 22.7 Å². The van der Waals surface area contributed by atoms with Gasteiger partial charge in [-0.15, -0.1) is 11.3 Å². The van der Waals surface area contributed by atoms with E-state index in [-0.39, 0.29) is 5.75 Å². The van der Waals surface area contributed by atoms with E-state index in [0.29, 0.717) is 22.1 Å². The van der Waals surface area contributed by atoms with Crippen LogP contribution in [-0.4, -0.2) is 11.6 Å². The molecule has 1 atom stereocenters. The second kappa shape index (κ2) is 7.10. The lowest BCUT2D eigenvalue weighted by molar-refractivity contribution is -0.0499. The average molecular weight is 346 g/mol. The molecule has 6 heteroatoms. The Kier molecular flexibility index (Phi) is 4.91. The summed E-state index contributed by atoms with van der Waals surface area (Å²) in [7, 11) is 0. The van der Waals surface area contributed by atoms with Crippen LogP contribution in [0.5, 0.6) is 5.75 Å². The fraction of sp³-hybridized carbons (Fsp3) is 0.333. The highest BCUT2D eigenvalue weighted by atomic mass is 32.1. The number of halogens is 2. The molecule has 0 amide bonds. The number of hydrogen-bond acceptors (Lipinski definition) is 4. The summed E-state index contributed by atoms with van der Waals surface area (Å²) < 4.78 is 29.5. The molecule has 1 aromatic heterocycles. The van der Waals surface area contributed by atoms with E-state index >= 15 is 0 Å². The second-order valence-electron chi connectivity index (χ2n) is 5.82. The van der Waals surface area contributed by atoms with Crippen LogP contribution in [0, 0.1) is 17.2 Å². The van der Waals surface area contributed by atoms with Crippen molar-refractivity contribution in [3.8, 4) is 11.8 Å². The number of nitrogens with zero attached hydrogens (tertiary/aromatic N) is 2. The quantitative estimate of drug-likeness (QED) is 0.737. The van der Waals surface area contributed by atoms with Crippen LogP contribution in [-0.2, 0) is 12.8 Å². The van der Waals surface area contributed by atoms with Crippen molar-refractivity contribution in [3.05, 3.63) is 45.4 Å². The van der Waals surface area contributed by atoms with Crippen molar-refractivity contribution in [1.82, 2.24) is 4.98 Å². The molecule has 2 aromatic rings. The summed E-state index contributed by atoms with van der Waals surface area (Å²) >= 11 is 1.52. The van der Waals surface area contributed by atoms with Gasteiger partial charge in [0.05, 0.1) is 11.3 Å². The highest BCUT2D eigenvalue weighted by Gasteiger charge is 2.21. The van der Waals surface area contributed by atoms with Gasteiger partial charge in [-0.05, 0) is 37.3 Å². The Labute approximate surface area is 143 Å². The standard InChI is InChI=1S/C18H16F2N2OS/c1-11-6-7-14-16(8-11)24-17(22-14)13(10-21)9-12-4-2-3-5-15(12)23-18(19)20/h2-5,9,11,18H,6-8H2,1H3/b13-9+. The number of rotatable bonds is 4. The molecule has 0 fully saturated rings. The minimum atomic E-state index is -2.90. The van der Waals surface area contributed by atoms with E-state index in [4.69, 9.17) is 0 Å². The number of alkyl halides is 2. The van der Waals surface area contributed by atoms with Crippen LogP contribution in [0.2, 0.25) is 0 Å². The Bertz CT molecular complexity index is 808. The molecule has 3 nitrogen and oxygen atoms in total. The summed E-state index contributed by atoms with van der Waals surface area (Å²) in [6.45, 7) is -0.694. The zero-order valence-electron chi connectivity index (χ0n) is 13.1. The van der Waals surface area contributed by atoms with Crippen molar-refractivity contribution in [1.29, 1.82) is 5.26 Å². The number of fused-ring (bicyclic) bond motifs is 1. The largest absolute Gasteiger partial charge is 0.434 e. The van der Waals surface area contributed by atoms with Gasteiger partial charge in [-0.2, -0.15) is 14.0 Å². The molecule has 0 N–H and O–H groups in total. The van der Waals surface area contributed by atoms with E-state index in [1.807, 2.05) is 0 Å². The Hall–Kier alpha value is -2.26. The van der Waals surface area contributed by atoms with E-state index < -0.39 is 6.61 Å². The van der Waals surface area contributed by atoms with Gasteiger partial charge < -0.3 is 4.74 Å².